The molecule has 1 aromatic rings. The predicted octanol–water partition coefficient (Wildman–Crippen LogP) is 3.47. The van der Waals surface area contributed by atoms with Crippen LogP contribution in [0.1, 0.15) is 31.7 Å². The maximum atomic E-state index is 12.5. The molecular formula is C17H22ClNO2. The lowest BCUT2D eigenvalue weighted by molar-refractivity contribution is -0.130. The number of benzene rings is 1. The molecular weight excluding hydrogens is 286 g/mol. The largest absolute Gasteiger partial charge is 0.375 e. The fourth-order valence-corrected chi connectivity index (χ4v) is 2.81. The second kappa shape index (κ2) is 7.10. The van der Waals surface area contributed by atoms with Crippen molar-refractivity contribution >= 4 is 17.5 Å². The van der Waals surface area contributed by atoms with Crippen molar-refractivity contribution in [1.82, 2.24) is 5.32 Å². The molecule has 1 amide bonds. The van der Waals surface area contributed by atoms with Gasteiger partial charge in [0.15, 0.2) is 0 Å². The smallest absolute Gasteiger partial charge is 0.230 e. The summed E-state index contributed by atoms with van der Waals surface area (Å²) < 4.78 is 5.40. The molecule has 1 N–H and O–H groups in total. The third kappa shape index (κ3) is 3.86. The zero-order chi connectivity index (χ0) is 15.3. The minimum Gasteiger partial charge on any atom is -0.375 e. The molecule has 0 heterocycles. The summed E-state index contributed by atoms with van der Waals surface area (Å²) in [5, 5.41) is 3.66. The van der Waals surface area contributed by atoms with E-state index < -0.39 is 5.41 Å². The Bertz CT molecular complexity index is 523. The van der Waals surface area contributed by atoms with Gasteiger partial charge in [-0.25, -0.2) is 0 Å². The zero-order valence-corrected chi connectivity index (χ0v) is 13.2. The molecule has 0 spiro atoms. The van der Waals surface area contributed by atoms with Crippen molar-refractivity contribution in [2.45, 2.75) is 31.6 Å². The number of amides is 1. The van der Waals surface area contributed by atoms with Gasteiger partial charge in [-0.3, -0.25) is 4.79 Å². The SMILES string of the molecule is C=C(C)COCCNC(=O)C1(c2cccc(Cl)c2)CCC1. The highest BCUT2D eigenvalue weighted by molar-refractivity contribution is 6.30. The van der Waals surface area contributed by atoms with Crippen LogP contribution in [0.3, 0.4) is 0 Å². The fraction of sp³-hybridized carbons (Fsp3) is 0.471. The van der Waals surface area contributed by atoms with Crippen LogP contribution in [-0.4, -0.2) is 25.7 Å². The van der Waals surface area contributed by atoms with E-state index in [2.05, 4.69) is 11.9 Å². The second-order valence-corrected chi connectivity index (χ2v) is 6.15. The Morgan fingerprint density at radius 2 is 2.24 bits per heavy atom. The third-order valence-corrected chi connectivity index (χ3v) is 4.13. The Balaban J connectivity index is 1.91. The molecule has 0 aliphatic heterocycles. The summed E-state index contributed by atoms with van der Waals surface area (Å²) in [6.07, 6.45) is 2.84. The molecule has 0 unspecified atom stereocenters. The molecule has 0 bridgehead atoms. The Hall–Kier alpha value is -1.32. The van der Waals surface area contributed by atoms with E-state index in [-0.39, 0.29) is 5.91 Å². The number of carbonyl (C=O) groups is 1. The summed E-state index contributed by atoms with van der Waals surface area (Å²) in [6, 6.07) is 7.63. The lowest BCUT2D eigenvalue weighted by Crippen LogP contribution is -2.49. The van der Waals surface area contributed by atoms with E-state index in [1.807, 2.05) is 31.2 Å². The Kier molecular flexibility index (Phi) is 5.43. The van der Waals surface area contributed by atoms with Gasteiger partial charge >= 0.3 is 0 Å². The molecule has 4 heteroatoms. The van der Waals surface area contributed by atoms with Gasteiger partial charge in [0.25, 0.3) is 0 Å². The number of hydrogen-bond acceptors (Lipinski definition) is 2. The van der Waals surface area contributed by atoms with Crippen LogP contribution in [0.4, 0.5) is 0 Å². The lowest BCUT2D eigenvalue weighted by atomic mass is 9.64. The Morgan fingerprint density at radius 3 is 2.81 bits per heavy atom. The van der Waals surface area contributed by atoms with Gasteiger partial charge in [0, 0.05) is 11.6 Å². The maximum absolute atomic E-state index is 12.5. The summed E-state index contributed by atoms with van der Waals surface area (Å²) in [5.74, 6) is 0.0786. The van der Waals surface area contributed by atoms with E-state index in [1.165, 1.54) is 0 Å². The van der Waals surface area contributed by atoms with Crippen LogP contribution in [0.5, 0.6) is 0 Å². The van der Waals surface area contributed by atoms with Crippen molar-refractivity contribution < 1.29 is 9.53 Å². The molecule has 0 atom stereocenters. The van der Waals surface area contributed by atoms with Crippen LogP contribution >= 0.6 is 11.6 Å². The zero-order valence-electron chi connectivity index (χ0n) is 12.5. The van der Waals surface area contributed by atoms with Crippen LogP contribution in [0, 0.1) is 0 Å². The molecule has 21 heavy (non-hydrogen) atoms. The fourth-order valence-electron chi connectivity index (χ4n) is 2.62. The number of hydrogen-bond donors (Lipinski definition) is 1. The number of rotatable bonds is 7. The first kappa shape index (κ1) is 16.1. The van der Waals surface area contributed by atoms with E-state index in [1.54, 1.807) is 0 Å². The molecule has 3 nitrogen and oxygen atoms in total. The topological polar surface area (TPSA) is 38.3 Å². The van der Waals surface area contributed by atoms with Crippen molar-refractivity contribution in [1.29, 1.82) is 0 Å². The van der Waals surface area contributed by atoms with E-state index in [0.29, 0.717) is 24.8 Å². The summed E-state index contributed by atoms with van der Waals surface area (Å²) in [5.41, 5.74) is 1.59. The van der Waals surface area contributed by atoms with Crippen LogP contribution < -0.4 is 5.32 Å². The van der Waals surface area contributed by atoms with Gasteiger partial charge in [-0.15, -0.1) is 0 Å². The molecule has 1 aliphatic rings. The molecule has 1 saturated carbocycles. The van der Waals surface area contributed by atoms with E-state index >= 15 is 0 Å². The first-order valence-corrected chi connectivity index (χ1v) is 7.69. The summed E-state index contributed by atoms with van der Waals surface area (Å²) >= 11 is 6.05. The minimum atomic E-state index is -0.404. The van der Waals surface area contributed by atoms with Crippen molar-refractivity contribution in [3.8, 4) is 0 Å². The summed E-state index contributed by atoms with van der Waals surface area (Å²) in [6.45, 7) is 7.25. The highest BCUT2D eigenvalue weighted by Gasteiger charge is 2.45. The normalized spacial score (nSPS) is 16.1. The average Bonchev–Trinajstić information content (AvgIpc) is 2.36. The monoisotopic (exact) mass is 307 g/mol. The van der Waals surface area contributed by atoms with Gasteiger partial charge < -0.3 is 10.1 Å². The van der Waals surface area contributed by atoms with Gasteiger partial charge in [0.2, 0.25) is 5.91 Å². The van der Waals surface area contributed by atoms with Crippen molar-refractivity contribution in [2.75, 3.05) is 19.8 Å². The Morgan fingerprint density at radius 1 is 1.48 bits per heavy atom. The highest BCUT2D eigenvalue weighted by Crippen LogP contribution is 2.44. The van der Waals surface area contributed by atoms with Gasteiger partial charge in [-0.05, 0) is 37.5 Å². The molecule has 1 aromatic carbocycles. The molecule has 0 saturated heterocycles. The molecule has 1 aliphatic carbocycles. The predicted molar refractivity (Wildman–Crippen MR) is 85.6 cm³/mol. The molecule has 0 aromatic heterocycles. The van der Waals surface area contributed by atoms with Crippen molar-refractivity contribution in [3.63, 3.8) is 0 Å². The third-order valence-electron chi connectivity index (χ3n) is 3.90. The number of carbonyl (C=O) groups excluding carboxylic acids is 1. The summed E-state index contributed by atoms with van der Waals surface area (Å²) in [4.78, 5) is 12.5. The number of ether oxygens (including phenoxy) is 1. The average molecular weight is 308 g/mol. The van der Waals surface area contributed by atoms with Gasteiger partial charge in [0.05, 0.1) is 18.6 Å². The first-order valence-electron chi connectivity index (χ1n) is 7.31. The molecule has 2 rings (SSSR count). The first-order chi connectivity index (χ1) is 10.0. The van der Waals surface area contributed by atoms with Crippen LogP contribution in [-0.2, 0) is 14.9 Å². The van der Waals surface area contributed by atoms with E-state index in [0.717, 1.165) is 30.4 Å². The van der Waals surface area contributed by atoms with Gasteiger partial charge in [-0.2, -0.15) is 0 Å². The molecule has 114 valence electrons. The summed E-state index contributed by atoms with van der Waals surface area (Å²) in [7, 11) is 0. The minimum absolute atomic E-state index is 0.0786. The quantitative estimate of drug-likeness (QED) is 0.619. The van der Waals surface area contributed by atoms with Crippen molar-refractivity contribution in [2.24, 2.45) is 0 Å². The Labute approximate surface area is 131 Å². The van der Waals surface area contributed by atoms with Crippen LogP contribution in [0.2, 0.25) is 5.02 Å². The van der Waals surface area contributed by atoms with Gasteiger partial charge in [-0.1, -0.05) is 42.3 Å². The van der Waals surface area contributed by atoms with Gasteiger partial charge in [0.1, 0.15) is 0 Å². The van der Waals surface area contributed by atoms with E-state index in [9.17, 15) is 4.79 Å². The molecule has 0 radical (unpaired) electrons. The highest BCUT2D eigenvalue weighted by atomic mass is 35.5. The van der Waals surface area contributed by atoms with Crippen LogP contribution in [0.15, 0.2) is 36.4 Å². The van der Waals surface area contributed by atoms with Crippen molar-refractivity contribution in [3.05, 3.63) is 47.0 Å². The van der Waals surface area contributed by atoms with Crippen LogP contribution in [0.25, 0.3) is 0 Å². The maximum Gasteiger partial charge on any atom is 0.230 e. The molecule has 1 fully saturated rings. The van der Waals surface area contributed by atoms with E-state index in [4.69, 9.17) is 16.3 Å². The number of nitrogens with one attached hydrogen (secondary N) is 1. The second-order valence-electron chi connectivity index (χ2n) is 5.71. The lowest BCUT2D eigenvalue weighted by Gasteiger charge is -2.40. The standard InChI is InChI=1S/C17H22ClNO2/c1-13(2)12-21-10-9-19-16(20)17(7-4-8-17)14-5-3-6-15(18)11-14/h3,5-6,11H,1,4,7-10,12H2,2H3,(H,19,20). The number of halogens is 1.